The molecular weight excluding hydrogens is 358 g/mol. The largest absolute Gasteiger partial charge is 0.351 e. The third kappa shape index (κ3) is 3.62. The summed E-state index contributed by atoms with van der Waals surface area (Å²) < 4.78 is 0.787. The molecule has 106 valence electrons. The molecule has 2 aromatic rings. The number of hydrogen-bond donors (Lipinski definition) is 1. The molecule has 0 radical (unpaired) electrons. The summed E-state index contributed by atoms with van der Waals surface area (Å²) in [6, 6.07) is 9.32. The first-order valence-corrected chi connectivity index (χ1v) is 8.22. The van der Waals surface area contributed by atoms with Crippen molar-refractivity contribution in [3.63, 3.8) is 0 Å². The van der Waals surface area contributed by atoms with Gasteiger partial charge in [-0.05, 0) is 45.6 Å². The summed E-state index contributed by atoms with van der Waals surface area (Å²) >= 11 is 11.0. The van der Waals surface area contributed by atoms with Crippen LogP contribution in [0, 0.1) is 0 Å². The van der Waals surface area contributed by atoms with Crippen LogP contribution in [0.15, 0.2) is 40.2 Å². The molecule has 0 atom stereocenters. The highest BCUT2D eigenvalue weighted by molar-refractivity contribution is 9.10. The average molecular weight is 373 g/mol. The van der Waals surface area contributed by atoms with Gasteiger partial charge in [-0.15, -0.1) is 11.3 Å². The number of amides is 1. The van der Waals surface area contributed by atoms with E-state index in [-0.39, 0.29) is 11.3 Å². The summed E-state index contributed by atoms with van der Waals surface area (Å²) in [6.07, 6.45) is 0. The van der Waals surface area contributed by atoms with Crippen LogP contribution < -0.4 is 5.32 Å². The lowest BCUT2D eigenvalue weighted by atomic mass is 9.91. The summed E-state index contributed by atoms with van der Waals surface area (Å²) in [5.41, 5.74) is 0.489. The van der Waals surface area contributed by atoms with Crippen LogP contribution in [0.25, 0.3) is 0 Å². The van der Waals surface area contributed by atoms with Crippen molar-refractivity contribution in [2.24, 2.45) is 0 Å². The maximum absolute atomic E-state index is 12.1. The molecule has 0 aliphatic heterocycles. The summed E-state index contributed by atoms with van der Waals surface area (Å²) in [4.78, 5) is 13.4. The average Bonchev–Trinajstić information content (AvgIpc) is 2.94. The highest BCUT2D eigenvalue weighted by Crippen LogP contribution is 2.27. The second-order valence-corrected chi connectivity index (χ2v) is 7.38. The molecule has 1 amide bonds. The molecule has 2 rings (SSSR count). The number of carbonyl (C=O) groups excluding carboxylic acids is 1. The van der Waals surface area contributed by atoms with Gasteiger partial charge in [-0.2, -0.15) is 0 Å². The van der Waals surface area contributed by atoms with Crippen molar-refractivity contribution in [2.45, 2.75) is 19.3 Å². The lowest BCUT2D eigenvalue weighted by molar-refractivity contribution is 0.0946. The van der Waals surface area contributed by atoms with Crippen molar-refractivity contribution in [1.82, 2.24) is 5.32 Å². The lowest BCUT2D eigenvalue weighted by Crippen LogP contribution is -2.36. The van der Waals surface area contributed by atoms with Crippen LogP contribution >= 0.6 is 38.9 Å². The fourth-order valence-electron chi connectivity index (χ4n) is 1.79. The van der Waals surface area contributed by atoms with Gasteiger partial charge in [0.1, 0.15) is 0 Å². The van der Waals surface area contributed by atoms with Crippen molar-refractivity contribution < 1.29 is 4.79 Å². The molecule has 0 fully saturated rings. The first-order chi connectivity index (χ1) is 9.40. The zero-order chi connectivity index (χ0) is 14.8. The van der Waals surface area contributed by atoms with Crippen LogP contribution in [-0.2, 0) is 5.41 Å². The first-order valence-electron chi connectivity index (χ1n) is 6.17. The number of benzene rings is 1. The smallest absolute Gasteiger partial charge is 0.251 e. The normalized spacial score (nSPS) is 11.4. The zero-order valence-electron chi connectivity index (χ0n) is 11.2. The molecule has 1 N–H and O–H groups in total. The molecule has 0 aliphatic carbocycles. The molecule has 0 saturated carbocycles. The Balaban J connectivity index is 2.03. The van der Waals surface area contributed by atoms with Crippen LogP contribution in [0.4, 0.5) is 0 Å². The van der Waals surface area contributed by atoms with Gasteiger partial charge in [-0.25, -0.2) is 0 Å². The van der Waals surface area contributed by atoms with E-state index in [0.29, 0.717) is 17.1 Å². The van der Waals surface area contributed by atoms with Crippen molar-refractivity contribution >= 4 is 44.8 Å². The highest BCUT2D eigenvalue weighted by Gasteiger charge is 2.22. The van der Waals surface area contributed by atoms with Crippen LogP contribution in [0.3, 0.4) is 0 Å². The summed E-state index contributed by atoms with van der Waals surface area (Å²) in [5.74, 6) is -0.107. The highest BCUT2D eigenvalue weighted by atomic mass is 79.9. The van der Waals surface area contributed by atoms with Gasteiger partial charge in [-0.1, -0.05) is 31.5 Å². The van der Waals surface area contributed by atoms with E-state index in [0.717, 1.165) is 4.47 Å². The fraction of sp³-hybridized carbons (Fsp3) is 0.267. The second-order valence-electron chi connectivity index (χ2n) is 5.17. The Morgan fingerprint density at radius 2 is 2.15 bits per heavy atom. The third-order valence-electron chi connectivity index (χ3n) is 3.06. The maximum atomic E-state index is 12.1. The number of rotatable bonds is 4. The fourth-order valence-corrected chi connectivity index (χ4v) is 3.07. The van der Waals surface area contributed by atoms with Crippen molar-refractivity contribution in [2.75, 3.05) is 6.54 Å². The van der Waals surface area contributed by atoms with Gasteiger partial charge >= 0.3 is 0 Å². The predicted octanol–water partition coefficient (Wildman–Crippen LogP) is 4.87. The summed E-state index contributed by atoms with van der Waals surface area (Å²) in [6.45, 7) is 4.82. The van der Waals surface area contributed by atoms with Crippen molar-refractivity contribution in [1.29, 1.82) is 0 Å². The summed E-state index contributed by atoms with van der Waals surface area (Å²) in [7, 11) is 0. The maximum Gasteiger partial charge on any atom is 0.251 e. The molecule has 1 aromatic heterocycles. The Labute approximate surface area is 136 Å². The van der Waals surface area contributed by atoms with Crippen LogP contribution in [0.5, 0.6) is 0 Å². The first kappa shape index (κ1) is 15.5. The number of nitrogens with one attached hydrogen (secondary N) is 1. The Morgan fingerprint density at radius 1 is 1.40 bits per heavy atom. The SMILES string of the molecule is CC(C)(CNC(=O)c1ccc(Br)c(Cl)c1)c1cccs1. The molecule has 0 bridgehead atoms. The zero-order valence-corrected chi connectivity index (χ0v) is 14.4. The van der Waals surface area contributed by atoms with E-state index in [9.17, 15) is 4.79 Å². The van der Waals surface area contributed by atoms with Gasteiger partial charge in [0, 0.05) is 26.9 Å². The molecule has 0 unspecified atom stereocenters. The summed E-state index contributed by atoms with van der Waals surface area (Å²) in [5, 5.41) is 5.55. The number of halogens is 2. The molecule has 2 nitrogen and oxygen atoms in total. The van der Waals surface area contributed by atoms with E-state index in [4.69, 9.17) is 11.6 Å². The number of hydrogen-bond acceptors (Lipinski definition) is 2. The van der Waals surface area contributed by atoms with Gasteiger partial charge in [0.2, 0.25) is 0 Å². The minimum absolute atomic E-state index is 0.0804. The second kappa shape index (κ2) is 6.29. The molecule has 0 spiro atoms. The standard InChI is InChI=1S/C15H15BrClNOS/c1-15(2,13-4-3-7-20-13)9-18-14(19)10-5-6-11(16)12(17)8-10/h3-8H,9H2,1-2H3,(H,18,19). The Kier molecular flexibility index (Phi) is 4.89. The van der Waals surface area contributed by atoms with E-state index in [1.54, 1.807) is 29.5 Å². The van der Waals surface area contributed by atoms with Gasteiger partial charge in [0.05, 0.1) is 5.02 Å². The quantitative estimate of drug-likeness (QED) is 0.815. The van der Waals surface area contributed by atoms with E-state index in [1.165, 1.54) is 4.88 Å². The number of thiophene rings is 1. The van der Waals surface area contributed by atoms with Gasteiger partial charge < -0.3 is 5.32 Å². The Morgan fingerprint density at radius 3 is 2.75 bits per heavy atom. The van der Waals surface area contributed by atoms with E-state index in [2.05, 4.69) is 41.2 Å². The Hall–Kier alpha value is -0.840. The van der Waals surface area contributed by atoms with Gasteiger partial charge in [-0.3, -0.25) is 4.79 Å². The monoisotopic (exact) mass is 371 g/mol. The molecule has 1 aromatic carbocycles. The van der Waals surface area contributed by atoms with Crippen LogP contribution in [-0.4, -0.2) is 12.5 Å². The topological polar surface area (TPSA) is 29.1 Å². The van der Waals surface area contributed by atoms with Crippen molar-refractivity contribution in [3.8, 4) is 0 Å². The van der Waals surface area contributed by atoms with E-state index < -0.39 is 0 Å². The van der Waals surface area contributed by atoms with Crippen molar-refractivity contribution in [3.05, 3.63) is 55.6 Å². The number of carbonyl (C=O) groups is 1. The van der Waals surface area contributed by atoms with E-state index in [1.807, 2.05) is 11.4 Å². The molecule has 0 saturated heterocycles. The molecular formula is C15H15BrClNOS. The molecule has 5 heteroatoms. The van der Waals surface area contributed by atoms with Crippen LogP contribution in [0.1, 0.15) is 29.1 Å². The third-order valence-corrected chi connectivity index (χ3v) is 5.53. The molecule has 1 heterocycles. The molecule has 0 aliphatic rings. The van der Waals surface area contributed by atoms with Crippen LogP contribution in [0.2, 0.25) is 5.02 Å². The van der Waals surface area contributed by atoms with E-state index >= 15 is 0 Å². The minimum Gasteiger partial charge on any atom is -0.351 e. The lowest BCUT2D eigenvalue weighted by Gasteiger charge is -2.23. The Bertz CT molecular complexity index is 610. The van der Waals surface area contributed by atoms with Gasteiger partial charge in [0.25, 0.3) is 5.91 Å². The predicted molar refractivity (Wildman–Crippen MR) is 88.8 cm³/mol. The van der Waals surface area contributed by atoms with Gasteiger partial charge in [0.15, 0.2) is 0 Å². The minimum atomic E-state index is -0.107. The molecule has 20 heavy (non-hydrogen) atoms.